The smallest absolute Gasteiger partial charge is 0.286 e. The number of pyridine rings is 1. The van der Waals surface area contributed by atoms with Crippen molar-refractivity contribution in [2.45, 2.75) is 19.9 Å². The summed E-state index contributed by atoms with van der Waals surface area (Å²) in [4.78, 5) is 16.8. The first-order chi connectivity index (χ1) is 14.0. The molecule has 0 aliphatic heterocycles. The van der Waals surface area contributed by atoms with E-state index in [1.54, 1.807) is 29.2 Å². The van der Waals surface area contributed by atoms with Gasteiger partial charge >= 0.3 is 0 Å². The van der Waals surface area contributed by atoms with Crippen molar-refractivity contribution in [1.29, 1.82) is 0 Å². The molecule has 7 nitrogen and oxygen atoms in total. The largest absolute Gasteiger partial charge is 0.317 e. The summed E-state index contributed by atoms with van der Waals surface area (Å²) < 4.78 is 14.9. The van der Waals surface area contributed by atoms with Crippen LogP contribution in [0.25, 0.3) is 10.7 Å². The monoisotopic (exact) mass is 408 g/mol. The van der Waals surface area contributed by atoms with Crippen LogP contribution >= 0.6 is 11.3 Å². The van der Waals surface area contributed by atoms with E-state index in [0.717, 1.165) is 5.56 Å². The molecule has 1 amide bonds. The maximum absolute atomic E-state index is 13.2. The van der Waals surface area contributed by atoms with Crippen molar-refractivity contribution in [2.24, 2.45) is 0 Å². The highest BCUT2D eigenvalue weighted by atomic mass is 32.1. The number of halogens is 1. The summed E-state index contributed by atoms with van der Waals surface area (Å²) in [6.07, 6.45) is 3.42. The zero-order valence-electron chi connectivity index (χ0n) is 15.7. The molecule has 0 radical (unpaired) electrons. The summed E-state index contributed by atoms with van der Waals surface area (Å²) in [6, 6.07) is 11.6. The molecule has 1 N–H and O–H groups in total. The van der Waals surface area contributed by atoms with E-state index in [9.17, 15) is 9.18 Å². The van der Waals surface area contributed by atoms with E-state index < -0.39 is 0 Å². The van der Waals surface area contributed by atoms with E-state index >= 15 is 0 Å². The topological polar surface area (TPSA) is 85.6 Å². The number of anilines is 1. The minimum absolute atomic E-state index is 0.114. The minimum Gasteiger partial charge on any atom is -0.317 e. The Morgan fingerprint density at radius 2 is 1.97 bits per heavy atom. The van der Waals surface area contributed by atoms with Gasteiger partial charge in [-0.2, -0.15) is 5.10 Å². The molecule has 0 bridgehead atoms. The molecule has 0 saturated carbocycles. The fraction of sp³-hybridized carbons (Fsp3) is 0.150. The molecule has 0 spiro atoms. The lowest BCUT2D eigenvalue weighted by atomic mass is 10.1. The van der Waals surface area contributed by atoms with Crippen molar-refractivity contribution in [3.63, 3.8) is 0 Å². The number of aryl methyl sites for hydroxylation is 1. The molecule has 3 aromatic heterocycles. The van der Waals surface area contributed by atoms with Crippen LogP contribution in [0.2, 0.25) is 0 Å². The number of carbonyl (C=O) groups excluding carboxylic acids is 1. The van der Waals surface area contributed by atoms with Gasteiger partial charge in [0.1, 0.15) is 11.5 Å². The molecule has 0 saturated heterocycles. The zero-order chi connectivity index (χ0) is 20.4. The third-order valence-electron chi connectivity index (χ3n) is 4.42. The van der Waals surface area contributed by atoms with Crippen molar-refractivity contribution >= 4 is 22.9 Å². The fourth-order valence-electron chi connectivity index (χ4n) is 2.78. The summed E-state index contributed by atoms with van der Waals surface area (Å²) >= 11 is 1.17. The maximum atomic E-state index is 13.2. The molecule has 1 aromatic carbocycles. The Morgan fingerprint density at radius 1 is 1.17 bits per heavy atom. The van der Waals surface area contributed by atoms with Crippen LogP contribution in [0.3, 0.4) is 0 Å². The van der Waals surface area contributed by atoms with Crippen LogP contribution in [0.5, 0.6) is 0 Å². The molecule has 1 unspecified atom stereocenters. The number of hydrogen-bond donors (Lipinski definition) is 1. The third kappa shape index (κ3) is 4.04. The van der Waals surface area contributed by atoms with E-state index in [-0.39, 0.29) is 22.8 Å². The molecule has 1 atom stereocenters. The minimum atomic E-state index is -0.359. The van der Waals surface area contributed by atoms with E-state index in [0.29, 0.717) is 22.1 Å². The van der Waals surface area contributed by atoms with Crippen molar-refractivity contribution < 1.29 is 9.18 Å². The van der Waals surface area contributed by atoms with E-state index in [1.807, 2.05) is 32.0 Å². The van der Waals surface area contributed by atoms with Gasteiger partial charge in [-0.3, -0.25) is 14.5 Å². The van der Waals surface area contributed by atoms with E-state index in [2.05, 4.69) is 25.6 Å². The number of benzene rings is 1. The first kappa shape index (κ1) is 18.9. The highest BCUT2D eigenvalue weighted by Gasteiger charge is 2.18. The molecule has 0 fully saturated rings. The highest BCUT2D eigenvalue weighted by molar-refractivity contribution is 7.16. The van der Waals surface area contributed by atoms with Gasteiger partial charge in [-0.25, -0.2) is 4.39 Å². The number of amides is 1. The van der Waals surface area contributed by atoms with Crippen molar-refractivity contribution in [2.75, 3.05) is 5.32 Å². The van der Waals surface area contributed by atoms with Crippen LogP contribution in [0.1, 0.15) is 34.0 Å². The Balaban J connectivity index is 1.51. The second kappa shape index (κ2) is 7.88. The van der Waals surface area contributed by atoms with Crippen molar-refractivity contribution in [3.8, 4) is 10.7 Å². The average Bonchev–Trinajstić information content (AvgIpc) is 3.36. The summed E-state index contributed by atoms with van der Waals surface area (Å²) in [6.45, 7) is 3.76. The summed E-state index contributed by atoms with van der Waals surface area (Å²) in [7, 11) is 0. The van der Waals surface area contributed by atoms with Crippen LogP contribution in [-0.2, 0) is 0 Å². The number of aromatic nitrogens is 5. The zero-order valence-corrected chi connectivity index (χ0v) is 16.5. The summed E-state index contributed by atoms with van der Waals surface area (Å²) in [5.74, 6) is -0.644. The van der Waals surface area contributed by atoms with Gasteiger partial charge in [0, 0.05) is 12.4 Å². The molecule has 3 heterocycles. The lowest BCUT2D eigenvalue weighted by molar-refractivity contribution is 0.102. The number of carbonyl (C=O) groups is 1. The Bertz CT molecular complexity index is 1140. The second-order valence-corrected chi connectivity index (χ2v) is 7.39. The second-order valence-electron chi connectivity index (χ2n) is 6.42. The van der Waals surface area contributed by atoms with Crippen LogP contribution in [-0.4, -0.2) is 30.9 Å². The SMILES string of the molecule is Cc1nn(C(C)c2ccc(F)cc2)cc1NC(=O)c1nnc(-c2ccccn2)s1. The number of rotatable bonds is 5. The fourth-order valence-corrected chi connectivity index (χ4v) is 3.50. The normalized spacial score (nSPS) is 12.0. The predicted molar refractivity (Wildman–Crippen MR) is 108 cm³/mol. The molecular weight excluding hydrogens is 391 g/mol. The van der Waals surface area contributed by atoms with Gasteiger partial charge in [0.2, 0.25) is 5.01 Å². The number of nitrogens with zero attached hydrogens (tertiary/aromatic N) is 5. The van der Waals surface area contributed by atoms with E-state index in [1.165, 1.54) is 23.5 Å². The van der Waals surface area contributed by atoms with Crippen LogP contribution < -0.4 is 5.32 Å². The van der Waals surface area contributed by atoms with Crippen LogP contribution in [0, 0.1) is 12.7 Å². The van der Waals surface area contributed by atoms with Gasteiger partial charge in [0.15, 0.2) is 5.01 Å². The first-order valence-corrected chi connectivity index (χ1v) is 9.70. The molecule has 9 heteroatoms. The average molecular weight is 408 g/mol. The maximum Gasteiger partial charge on any atom is 0.286 e. The summed E-state index contributed by atoms with van der Waals surface area (Å²) in [5, 5.41) is 16.1. The third-order valence-corrected chi connectivity index (χ3v) is 5.36. The molecular formula is C20H17FN6OS. The van der Waals surface area contributed by atoms with Crippen molar-refractivity contribution in [1.82, 2.24) is 25.0 Å². The van der Waals surface area contributed by atoms with Gasteiger partial charge < -0.3 is 5.32 Å². The Hall–Kier alpha value is -3.46. The lowest BCUT2D eigenvalue weighted by Crippen LogP contribution is -2.12. The molecule has 0 aliphatic carbocycles. The van der Waals surface area contributed by atoms with E-state index in [4.69, 9.17) is 0 Å². The molecule has 4 aromatic rings. The van der Waals surface area contributed by atoms with Gasteiger partial charge in [-0.05, 0) is 43.7 Å². The van der Waals surface area contributed by atoms with Crippen LogP contribution in [0.15, 0.2) is 54.9 Å². The first-order valence-electron chi connectivity index (χ1n) is 8.89. The Morgan fingerprint density at radius 3 is 2.69 bits per heavy atom. The van der Waals surface area contributed by atoms with Gasteiger partial charge in [0.25, 0.3) is 5.91 Å². The highest BCUT2D eigenvalue weighted by Crippen LogP contribution is 2.24. The van der Waals surface area contributed by atoms with Gasteiger partial charge in [0.05, 0.1) is 17.4 Å². The Kier molecular flexibility index (Phi) is 5.13. The molecule has 0 aliphatic rings. The number of hydrogen-bond acceptors (Lipinski definition) is 6. The molecule has 29 heavy (non-hydrogen) atoms. The quantitative estimate of drug-likeness (QED) is 0.537. The molecule has 146 valence electrons. The predicted octanol–water partition coefficient (Wildman–Crippen LogP) is 4.11. The molecule has 4 rings (SSSR count). The standard InChI is InChI=1S/C20H17FN6OS/c1-12-17(11-27(26-12)13(2)14-6-8-15(21)9-7-14)23-18(28)20-25-24-19(29-20)16-5-3-4-10-22-16/h3-11,13H,1-2H3,(H,23,28). The van der Waals surface area contributed by atoms with Crippen molar-refractivity contribution in [3.05, 3.63) is 76.9 Å². The Labute approximate surface area is 170 Å². The summed E-state index contributed by atoms with van der Waals surface area (Å²) in [5.41, 5.74) is 2.83. The lowest BCUT2D eigenvalue weighted by Gasteiger charge is -2.12. The van der Waals surface area contributed by atoms with Crippen LogP contribution in [0.4, 0.5) is 10.1 Å². The van der Waals surface area contributed by atoms with Gasteiger partial charge in [-0.1, -0.05) is 29.5 Å². The van der Waals surface area contributed by atoms with Gasteiger partial charge in [-0.15, -0.1) is 10.2 Å². The number of nitrogens with one attached hydrogen (secondary N) is 1.